The first-order valence-corrected chi connectivity index (χ1v) is 11.2. The maximum absolute atomic E-state index is 12.2. The van der Waals surface area contributed by atoms with Gasteiger partial charge in [-0.2, -0.15) is 0 Å². The number of carbonyl (C=O) groups excluding carboxylic acids is 2. The van der Waals surface area contributed by atoms with Gasteiger partial charge >= 0.3 is 0 Å². The molecular formula is C22H30N4O2S. The second-order valence-electron chi connectivity index (χ2n) is 7.89. The van der Waals surface area contributed by atoms with Crippen molar-refractivity contribution in [3.63, 3.8) is 0 Å². The standard InChI is InChI=1S/C22H30N4O2S/c1-16(2)21(28)25-22-24-19(15-29-22)12-20(27)23-13-17-6-8-18(9-7-17)14-26-10-4-3-5-11-26/h6-9,15-16H,3-5,10-14H2,1-2H3,(H,23,27)(H,24,25,28). The lowest BCUT2D eigenvalue weighted by Gasteiger charge is -2.26. The zero-order valence-electron chi connectivity index (χ0n) is 17.2. The minimum Gasteiger partial charge on any atom is -0.352 e. The van der Waals surface area contributed by atoms with E-state index < -0.39 is 0 Å². The van der Waals surface area contributed by atoms with Gasteiger partial charge in [0.2, 0.25) is 11.8 Å². The van der Waals surface area contributed by atoms with E-state index in [0.717, 1.165) is 12.1 Å². The van der Waals surface area contributed by atoms with Gasteiger partial charge in [0.15, 0.2) is 5.13 Å². The Morgan fingerprint density at radius 2 is 1.79 bits per heavy atom. The van der Waals surface area contributed by atoms with E-state index in [1.54, 1.807) is 0 Å². The van der Waals surface area contributed by atoms with Gasteiger partial charge in [-0.05, 0) is 37.1 Å². The number of benzene rings is 1. The molecule has 29 heavy (non-hydrogen) atoms. The predicted molar refractivity (Wildman–Crippen MR) is 117 cm³/mol. The van der Waals surface area contributed by atoms with Crippen molar-refractivity contribution in [3.05, 3.63) is 46.5 Å². The quantitative estimate of drug-likeness (QED) is 0.692. The molecule has 0 saturated carbocycles. The van der Waals surface area contributed by atoms with Crippen LogP contribution in [0.25, 0.3) is 0 Å². The summed E-state index contributed by atoms with van der Waals surface area (Å²) >= 11 is 1.34. The van der Waals surface area contributed by atoms with Crippen molar-refractivity contribution >= 4 is 28.3 Å². The van der Waals surface area contributed by atoms with E-state index in [0.29, 0.717) is 17.4 Å². The Hall–Kier alpha value is -2.25. The Balaban J connectivity index is 1.42. The van der Waals surface area contributed by atoms with E-state index in [9.17, 15) is 9.59 Å². The first-order valence-electron chi connectivity index (χ1n) is 10.3. The van der Waals surface area contributed by atoms with Crippen LogP contribution in [0.1, 0.15) is 49.9 Å². The van der Waals surface area contributed by atoms with E-state index in [-0.39, 0.29) is 24.2 Å². The molecule has 1 saturated heterocycles. The summed E-state index contributed by atoms with van der Waals surface area (Å²) in [4.78, 5) is 30.7. The fourth-order valence-electron chi connectivity index (χ4n) is 3.26. The molecule has 3 rings (SSSR count). The second kappa shape index (κ2) is 10.5. The molecule has 1 aliphatic rings. The number of aromatic nitrogens is 1. The molecule has 0 radical (unpaired) electrons. The Labute approximate surface area is 176 Å². The number of nitrogens with zero attached hydrogens (tertiary/aromatic N) is 2. The Morgan fingerprint density at radius 1 is 1.10 bits per heavy atom. The summed E-state index contributed by atoms with van der Waals surface area (Å²) < 4.78 is 0. The number of hydrogen-bond acceptors (Lipinski definition) is 5. The van der Waals surface area contributed by atoms with Crippen LogP contribution in [0.2, 0.25) is 0 Å². The number of nitrogens with one attached hydrogen (secondary N) is 2. The average Bonchev–Trinajstić information content (AvgIpc) is 3.15. The average molecular weight is 415 g/mol. The van der Waals surface area contributed by atoms with Gasteiger partial charge < -0.3 is 10.6 Å². The van der Waals surface area contributed by atoms with Crippen molar-refractivity contribution in [2.24, 2.45) is 5.92 Å². The normalized spacial score (nSPS) is 14.7. The number of piperidine rings is 1. The molecule has 1 fully saturated rings. The maximum atomic E-state index is 12.2. The smallest absolute Gasteiger partial charge is 0.228 e. The van der Waals surface area contributed by atoms with Crippen molar-refractivity contribution < 1.29 is 9.59 Å². The van der Waals surface area contributed by atoms with E-state index in [1.807, 2.05) is 19.2 Å². The molecule has 156 valence electrons. The molecule has 1 aliphatic heterocycles. The number of rotatable bonds is 8. The number of hydrogen-bond donors (Lipinski definition) is 2. The highest BCUT2D eigenvalue weighted by molar-refractivity contribution is 7.13. The largest absolute Gasteiger partial charge is 0.352 e. The van der Waals surface area contributed by atoms with Crippen molar-refractivity contribution in [2.45, 2.75) is 52.6 Å². The molecule has 0 atom stereocenters. The van der Waals surface area contributed by atoms with Crippen LogP contribution >= 0.6 is 11.3 Å². The van der Waals surface area contributed by atoms with Gasteiger partial charge in [-0.25, -0.2) is 4.98 Å². The molecule has 6 nitrogen and oxygen atoms in total. The summed E-state index contributed by atoms with van der Waals surface area (Å²) in [5, 5.41) is 8.05. The van der Waals surface area contributed by atoms with Gasteiger partial charge in [0, 0.05) is 24.4 Å². The molecular weight excluding hydrogens is 384 g/mol. The maximum Gasteiger partial charge on any atom is 0.228 e. The first-order chi connectivity index (χ1) is 14.0. The lowest BCUT2D eigenvalue weighted by atomic mass is 10.1. The number of amides is 2. The Kier molecular flexibility index (Phi) is 7.77. The SMILES string of the molecule is CC(C)C(=O)Nc1nc(CC(=O)NCc2ccc(CN3CCCCC3)cc2)cs1. The van der Waals surface area contributed by atoms with Crippen LogP contribution < -0.4 is 10.6 Å². The highest BCUT2D eigenvalue weighted by atomic mass is 32.1. The summed E-state index contributed by atoms with van der Waals surface area (Å²) in [7, 11) is 0. The minimum atomic E-state index is -0.100. The highest BCUT2D eigenvalue weighted by Crippen LogP contribution is 2.17. The Morgan fingerprint density at radius 3 is 2.48 bits per heavy atom. The number of carbonyl (C=O) groups is 2. The van der Waals surface area contributed by atoms with Crippen molar-refractivity contribution in [2.75, 3.05) is 18.4 Å². The summed E-state index contributed by atoms with van der Waals surface area (Å²) in [6.07, 6.45) is 4.16. The van der Waals surface area contributed by atoms with Gasteiger partial charge in [-0.3, -0.25) is 14.5 Å². The minimum absolute atomic E-state index is 0.0703. The molecule has 0 spiro atoms. The van der Waals surface area contributed by atoms with Crippen LogP contribution in [-0.4, -0.2) is 34.8 Å². The van der Waals surface area contributed by atoms with Crippen LogP contribution in [0.3, 0.4) is 0 Å². The molecule has 1 aromatic carbocycles. The molecule has 0 bridgehead atoms. The molecule has 2 amide bonds. The third-order valence-corrected chi connectivity index (χ3v) is 5.82. The van der Waals surface area contributed by atoms with Gasteiger partial charge in [-0.15, -0.1) is 11.3 Å². The van der Waals surface area contributed by atoms with Gasteiger partial charge in [0.05, 0.1) is 12.1 Å². The van der Waals surface area contributed by atoms with Gasteiger partial charge in [-0.1, -0.05) is 44.5 Å². The summed E-state index contributed by atoms with van der Waals surface area (Å²) in [6, 6.07) is 8.48. The fourth-order valence-corrected chi connectivity index (χ4v) is 3.97. The van der Waals surface area contributed by atoms with Gasteiger partial charge in [0.25, 0.3) is 0 Å². The third kappa shape index (κ3) is 6.94. The van der Waals surface area contributed by atoms with Gasteiger partial charge in [0.1, 0.15) is 0 Å². The van der Waals surface area contributed by atoms with Crippen LogP contribution in [0.4, 0.5) is 5.13 Å². The van der Waals surface area contributed by atoms with Crippen LogP contribution in [0.5, 0.6) is 0 Å². The third-order valence-electron chi connectivity index (χ3n) is 5.02. The monoisotopic (exact) mass is 414 g/mol. The molecule has 2 aromatic rings. The number of thiazole rings is 1. The first kappa shape index (κ1) is 21.5. The van der Waals surface area contributed by atoms with Crippen molar-refractivity contribution in [3.8, 4) is 0 Å². The van der Waals surface area contributed by atoms with E-state index in [4.69, 9.17) is 0 Å². The van der Waals surface area contributed by atoms with Crippen molar-refractivity contribution in [1.29, 1.82) is 0 Å². The summed E-state index contributed by atoms with van der Waals surface area (Å²) in [5.74, 6) is -0.245. The lowest BCUT2D eigenvalue weighted by Crippen LogP contribution is -2.29. The van der Waals surface area contributed by atoms with E-state index in [1.165, 1.54) is 49.3 Å². The number of anilines is 1. The predicted octanol–water partition coefficient (Wildman–Crippen LogP) is 3.58. The van der Waals surface area contributed by atoms with Crippen LogP contribution in [0.15, 0.2) is 29.6 Å². The van der Waals surface area contributed by atoms with Crippen molar-refractivity contribution in [1.82, 2.24) is 15.2 Å². The molecule has 2 heterocycles. The number of likely N-dealkylation sites (tertiary alicyclic amines) is 1. The van der Waals surface area contributed by atoms with Crippen LogP contribution in [-0.2, 0) is 29.1 Å². The topological polar surface area (TPSA) is 74.3 Å². The lowest BCUT2D eigenvalue weighted by molar-refractivity contribution is -0.120. The molecule has 1 aromatic heterocycles. The zero-order valence-corrected chi connectivity index (χ0v) is 18.1. The highest BCUT2D eigenvalue weighted by Gasteiger charge is 2.12. The molecule has 2 N–H and O–H groups in total. The van der Waals surface area contributed by atoms with E-state index >= 15 is 0 Å². The second-order valence-corrected chi connectivity index (χ2v) is 8.75. The molecule has 7 heteroatoms. The molecule has 0 aliphatic carbocycles. The molecule has 0 unspecified atom stereocenters. The summed E-state index contributed by atoms with van der Waals surface area (Å²) in [5.41, 5.74) is 3.08. The van der Waals surface area contributed by atoms with E-state index in [2.05, 4.69) is 44.8 Å². The fraction of sp³-hybridized carbons (Fsp3) is 0.500. The summed E-state index contributed by atoms with van der Waals surface area (Å²) in [6.45, 7) is 7.56. The van der Waals surface area contributed by atoms with Crippen LogP contribution in [0, 0.1) is 5.92 Å². The Bertz CT molecular complexity index is 810. The zero-order chi connectivity index (χ0) is 20.6.